The van der Waals surface area contributed by atoms with E-state index in [4.69, 9.17) is 10.5 Å². The van der Waals surface area contributed by atoms with Crippen LogP contribution in [0.3, 0.4) is 0 Å². The largest absolute Gasteiger partial charge is 0.427 e. The molecule has 0 bridgehead atoms. The molecule has 4 nitrogen and oxygen atoms in total. The van der Waals surface area contributed by atoms with Gasteiger partial charge in [0.25, 0.3) is 6.47 Å². The summed E-state index contributed by atoms with van der Waals surface area (Å²) in [7, 11) is 0. The number of rotatable bonds is 12. The molecule has 0 unspecified atom stereocenters. The summed E-state index contributed by atoms with van der Waals surface area (Å²) in [5.74, 6) is 0.436. The number of carbonyl (C=O) groups is 1. The Morgan fingerprint density at radius 2 is 1.83 bits per heavy atom. The molecule has 4 heteroatoms. The van der Waals surface area contributed by atoms with E-state index in [-0.39, 0.29) is 0 Å². The number of ether oxygens (including phenoxy) is 1. The molecule has 0 radical (unpaired) electrons. The smallest absolute Gasteiger partial charge is 0.298 e. The number of hydrogen-bond acceptors (Lipinski definition) is 4. The highest BCUT2D eigenvalue weighted by atomic mass is 16.5. The topological polar surface area (TPSA) is 55.6 Å². The zero-order valence-electron chi connectivity index (χ0n) is 17.6. The monoisotopic (exact) mass is 404 g/mol. The van der Waals surface area contributed by atoms with Crippen LogP contribution in [-0.4, -0.2) is 24.5 Å². The van der Waals surface area contributed by atoms with Crippen LogP contribution in [0.15, 0.2) is 72.3 Å². The van der Waals surface area contributed by atoms with Crippen LogP contribution in [0.5, 0.6) is 5.75 Å². The van der Waals surface area contributed by atoms with E-state index >= 15 is 0 Å². The van der Waals surface area contributed by atoms with Crippen molar-refractivity contribution in [2.75, 3.05) is 18.8 Å². The van der Waals surface area contributed by atoms with Crippen molar-refractivity contribution < 1.29 is 9.53 Å². The van der Waals surface area contributed by atoms with Crippen molar-refractivity contribution in [2.24, 2.45) is 0 Å². The van der Waals surface area contributed by atoms with E-state index in [1.807, 2.05) is 12.1 Å². The van der Waals surface area contributed by atoms with Crippen LogP contribution >= 0.6 is 0 Å². The lowest BCUT2D eigenvalue weighted by Gasteiger charge is -2.23. The molecule has 1 aliphatic rings. The molecule has 0 aliphatic heterocycles. The second-order valence-corrected chi connectivity index (χ2v) is 7.81. The van der Waals surface area contributed by atoms with Gasteiger partial charge in [0.2, 0.25) is 0 Å². The van der Waals surface area contributed by atoms with E-state index in [0.29, 0.717) is 17.9 Å². The van der Waals surface area contributed by atoms with Crippen molar-refractivity contribution in [3.05, 3.63) is 83.5 Å². The molecule has 0 heterocycles. The van der Waals surface area contributed by atoms with Gasteiger partial charge in [-0.15, -0.1) is 0 Å². The number of benzene rings is 2. The van der Waals surface area contributed by atoms with Crippen LogP contribution < -0.4 is 10.5 Å². The Morgan fingerprint density at radius 1 is 0.967 bits per heavy atom. The van der Waals surface area contributed by atoms with Crippen molar-refractivity contribution in [1.82, 2.24) is 4.90 Å². The molecule has 0 amide bonds. The van der Waals surface area contributed by atoms with Crippen molar-refractivity contribution >= 4 is 12.2 Å². The SMILES string of the molecule is Nc1ccc(CCN(CCCCC2=CCCC=C2)Cc2ccccc2)cc1OC=O. The van der Waals surface area contributed by atoms with Crippen LogP contribution in [0.25, 0.3) is 0 Å². The van der Waals surface area contributed by atoms with Gasteiger partial charge in [0.05, 0.1) is 5.69 Å². The first-order chi connectivity index (χ1) is 14.7. The van der Waals surface area contributed by atoms with Gasteiger partial charge in [-0.2, -0.15) is 0 Å². The van der Waals surface area contributed by atoms with Gasteiger partial charge in [-0.05, 0) is 68.3 Å². The number of hydrogen-bond donors (Lipinski definition) is 1. The fraction of sp³-hybridized carbons (Fsp3) is 0.346. The number of allylic oxidation sites excluding steroid dienone is 4. The number of anilines is 1. The summed E-state index contributed by atoms with van der Waals surface area (Å²) in [5, 5.41) is 0. The minimum Gasteiger partial charge on any atom is -0.427 e. The third-order valence-corrected chi connectivity index (χ3v) is 5.48. The summed E-state index contributed by atoms with van der Waals surface area (Å²) < 4.78 is 4.99. The van der Waals surface area contributed by atoms with Crippen LogP contribution in [-0.2, 0) is 17.8 Å². The molecule has 30 heavy (non-hydrogen) atoms. The zero-order valence-corrected chi connectivity index (χ0v) is 17.6. The number of carbonyl (C=O) groups excluding carboxylic acids is 1. The average molecular weight is 405 g/mol. The zero-order chi connectivity index (χ0) is 21.0. The maximum atomic E-state index is 10.7. The van der Waals surface area contributed by atoms with Crippen molar-refractivity contribution in [3.8, 4) is 5.75 Å². The summed E-state index contributed by atoms with van der Waals surface area (Å²) in [6.45, 7) is 3.38. The molecule has 1 aliphatic carbocycles. The van der Waals surface area contributed by atoms with Gasteiger partial charge in [0.15, 0.2) is 5.75 Å². The molecule has 2 aromatic rings. The van der Waals surface area contributed by atoms with Gasteiger partial charge in [0.1, 0.15) is 0 Å². The fourth-order valence-electron chi connectivity index (χ4n) is 3.80. The molecule has 3 rings (SSSR count). The summed E-state index contributed by atoms with van der Waals surface area (Å²) >= 11 is 0. The molecular weight excluding hydrogens is 372 g/mol. The predicted octanol–water partition coefficient (Wildman–Crippen LogP) is 5.30. The number of nitrogen functional groups attached to an aromatic ring is 1. The highest BCUT2D eigenvalue weighted by molar-refractivity contribution is 5.59. The van der Waals surface area contributed by atoms with Crippen molar-refractivity contribution in [1.29, 1.82) is 0 Å². The fourth-order valence-corrected chi connectivity index (χ4v) is 3.80. The van der Waals surface area contributed by atoms with Crippen LogP contribution in [0.4, 0.5) is 5.69 Å². The molecule has 2 aromatic carbocycles. The highest BCUT2D eigenvalue weighted by Gasteiger charge is 2.09. The van der Waals surface area contributed by atoms with E-state index in [0.717, 1.165) is 31.6 Å². The molecular formula is C26H32N2O2. The van der Waals surface area contributed by atoms with E-state index < -0.39 is 0 Å². The van der Waals surface area contributed by atoms with Gasteiger partial charge in [-0.25, -0.2) is 0 Å². The Balaban J connectivity index is 1.55. The Hall–Kier alpha value is -2.85. The minimum atomic E-state index is 0.425. The summed E-state index contributed by atoms with van der Waals surface area (Å²) in [4.78, 5) is 13.2. The maximum Gasteiger partial charge on any atom is 0.298 e. The van der Waals surface area contributed by atoms with E-state index in [1.54, 1.807) is 6.07 Å². The summed E-state index contributed by atoms with van der Waals surface area (Å²) in [6, 6.07) is 16.3. The lowest BCUT2D eigenvalue weighted by atomic mass is 10.0. The van der Waals surface area contributed by atoms with Gasteiger partial charge < -0.3 is 10.5 Å². The van der Waals surface area contributed by atoms with Gasteiger partial charge >= 0.3 is 0 Å². The molecule has 0 fully saturated rings. The summed E-state index contributed by atoms with van der Waals surface area (Å²) in [5.41, 5.74) is 10.3. The van der Waals surface area contributed by atoms with Crippen LogP contribution in [0.2, 0.25) is 0 Å². The van der Waals surface area contributed by atoms with Crippen LogP contribution in [0, 0.1) is 0 Å². The Bertz CT molecular complexity index is 859. The molecule has 0 aromatic heterocycles. The summed E-state index contributed by atoms with van der Waals surface area (Å²) in [6.07, 6.45) is 13.7. The molecule has 158 valence electrons. The van der Waals surface area contributed by atoms with E-state index in [1.165, 1.54) is 43.2 Å². The predicted molar refractivity (Wildman–Crippen MR) is 123 cm³/mol. The Kier molecular flexibility index (Phi) is 8.73. The second kappa shape index (κ2) is 12.0. The highest BCUT2D eigenvalue weighted by Crippen LogP contribution is 2.23. The Labute approximate surface area is 180 Å². The van der Waals surface area contributed by atoms with Crippen molar-refractivity contribution in [2.45, 2.75) is 45.1 Å². The first-order valence-electron chi connectivity index (χ1n) is 10.8. The first-order valence-corrected chi connectivity index (χ1v) is 10.8. The normalized spacial score (nSPS) is 13.3. The van der Waals surface area contributed by atoms with Gasteiger partial charge in [0, 0.05) is 13.1 Å². The van der Waals surface area contributed by atoms with Crippen molar-refractivity contribution in [3.63, 3.8) is 0 Å². The maximum absolute atomic E-state index is 10.7. The van der Waals surface area contributed by atoms with Gasteiger partial charge in [-0.3, -0.25) is 9.69 Å². The van der Waals surface area contributed by atoms with Gasteiger partial charge in [-0.1, -0.05) is 60.2 Å². The number of nitrogens with two attached hydrogens (primary N) is 1. The molecule has 0 saturated heterocycles. The number of unbranched alkanes of at least 4 members (excludes halogenated alkanes) is 1. The van der Waals surface area contributed by atoms with Crippen LogP contribution in [0.1, 0.15) is 43.2 Å². The Morgan fingerprint density at radius 3 is 2.60 bits per heavy atom. The first kappa shape index (κ1) is 21.8. The molecule has 0 saturated carbocycles. The quantitative estimate of drug-likeness (QED) is 0.296. The third kappa shape index (κ3) is 7.20. The lowest BCUT2D eigenvalue weighted by molar-refractivity contribution is -0.120. The second-order valence-electron chi connectivity index (χ2n) is 7.81. The minimum absolute atomic E-state index is 0.425. The molecule has 0 atom stereocenters. The molecule has 0 spiro atoms. The third-order valence-electron chi connectivity index (χ3n) is 5.48. The number of nitrogens with zero attached hydrogens (tertiary/aromatic N) is 1. The molecule has 2 N–H and O–H groups in total. The average Bonchev–Trinajstić information content (AvgIpc) is 2.78. The van der Waals surface area contributed by atoms with E-state index in [9.17, 15) is 4.79 Å². The lowest BCUT2D eigenvalue weighted by Crippen LogP contribution is -2.27. The van der Waals surface area contributed by atoms with E-state index in [2.05, 4.69) is 53.5 Å². The standard InChI is InChI=1S/C26H32N2O2/c27-25-15-14-23(19-26(25)30-21-29)16-18-28(20-24-12-5-2-6-13-24)17-8-7-11-22-9-3-1-4-10-22/h2-3,5-6,9-10,12-15,19,21H,1,4,7-8,11,16-18,20,27H2.